The maximum Gasteiger partial charge on any atom is 0.139 e. The van der Waals surface area contributed by atoms with Crippen LogP contribution in [0.1, 0.15) is 18.2 Å². The first-order valence-electron chi connectivity index (χ1n) is 4.34. The van der Waals surface area contributed by atoms with Gasteiger partial charge >= 0.3 is 0 Å². The number of nitrogens with zero attached hydrogens (tertiary/aromatic N) is 2. The minimum atomic E-state index is -0.166. The average molecular weight is 178 g/mol. The molecule has 0 saturated carbocycles. The third-order valence-electron chi connectivity index (χ3n) is 2.12. The van der Waals surface area contributed by atoms with Crippen molar-refractivity contribution in [3.05, 3.63) is 35.5 Å². The van der Waals surface area contributed by atoms with E-state index in [0.29, 0.717) is 12.1 Å². The van der Waals surface area contributed by atoms with Crippen LogP contribution in [0.2, 0.25) is 0 Å². The van der Waals surface area contributed by atoms with Crippen molar-refractivity contribution in [2.45, 2.75) is 20.3 Å². The molecular formula is C10H11FN2. The highest BCUT2D eigenvalue weighted by Crippen LogP contribution is 2.12. The van der Waals surface area contributed by atoms with Gasteiger partial charge in [-0.2, -0.15) is 0 Å². The summed E-state index contributed by atoms with van der Waals surface area (Å²) in [5, 5.41) is 0. The summed E-state index contributed by atoms with van der Waals surface area (Å²) >= 11 is 0. The molecule has 2 aromatic rings. The van der Waals surface area contributed by atoms with Crippen molar-refractivity contribution in [3.63, 3.8) is 0 Å². The minimum absolute atomic E-state index is 0.166. The first-order valence-corrected chi connectivity index (χ1v) is 4.34. The number of hydrogen-bond donors (Lipinski definition) is 0. The molecule has 0 N–H and O–H groups in total. The van der Waals surface area contributed by atoms with Gasteiger partial charge in [-0.3, -0.25) is 0 Å². The van der Waals surface area contributed by atoms with Crippen molar-refractivity contribution in [1.82, 2.24) is 9.38 Å². The van der Waals surface area contributed by atoms with E-state index in [-0.39, 0.29) is 5.82 Å². The summed E-state index contributed by atoms with van der Waals surface area (Å²) in [6.07, 6.45) is 4.40. The summed E-state index contributed by atoms with van der Waals surface area (Å²) in [7, 11) is 0. The Hall–Kier alpha value is -1.38. The largest absolute Gasteiger partial charge is 0.306 e. The average Bonchev–Trinajstić information content (AvgIpc) is 2.42. The maximum absolute atomic E-state index is 13.3. The van der Waals surface area contributed by atoms with E-state index in [1.54, 1.807) is 6.20 Å². The Kier molecular flexibility index (Phi) is 1.79. The molecule has 0 unspecified atom stereocenters. The summed E-state index contributed by atoms with van der Waals surface area (Å²) in [5.41, 5.74) is 2.31. The van der Waals surface area contributed by atoms with E-state index in [0.717, 1.165) is 11.3 Å². The van der Waals surface area contributed by atoms with E-state index in [4.69, 9.17) is 0 Å². The topological polar surface area (TPSA) is 17.3 Å². The summed E-state index contributed by atoms with van der Waals surface area (Å²) in [4.78, 5) is 4.17. The molecule has 0 radical (unpaired) electrons. The number of pyridine rings is 1. The van der Waals surface area contributed by atoms with Crippen LogP contribution in [-0.2, 0) is 6.42 Å². The molecule has 0 aliphatic rings. The van der Waals surface area contributed by atoms with E-state index >= 15 is 0 Å². The number of aryl methyl sites for hydroxylation is 2. The van der Waals surface area contributed by atoms with Gasteiger partial charge in [-0.1, -0.05) is 6.92 Å². The van der Waals surface area contributed by atoms with Gasteiger partial charge in [-0.15, -0.1) is 0 Å². The lowest BCUT2D eigenvalue weighted by Crippen LogP contribution is -1.92. The zero-order valence-electron chi connectivity index (χ0n) is 7.71. The molecule has 0 aliphatic carbocycles. The molecular weight excluding hydrogens is 167 g/mol. The molecule has 2 aromatic heterocycles. The van der Waals surface area contributed by atoms with Gasteiger partial charge in [0.1, 0.15) is 11.5 Å². The first-order chi connectivity index (χ1) is 6.20. The molecule has 0 amide bonds. The highest BCUT2D eigenvalue weighted by Gasteiger charge is 2.04. The Morgan fingerprint density at radius 1 is 1.46 bits per heavy atom. The lowest BCUT2D eigenvalue weighted by Gasteiger charge is -1.99. The number of halogens is 1. The number of hydrogen-bond acceptors (Lipinski definition) is 1. The number of fused-ring (bicyclic) bond motifs is 1. The molecule has 0 aromatic carbocycles. The second-order valence-corrected chi connectivity index (χ2v) is 3.15. The smallest absolute Gasteiger partial charge is 0.139 e. The van der Waals surface area contributed by atoms with Gasteiger partial charge in [0, 0.05) is 24.0 Å². The molecule has 0 bridgehead atoms. The third-order valence-corrected chi connectivity index (χ3v) is 2.12. The van der Waals surface area contributed by atoms with Crippen LogP contribution >= 0.6 is 0 Å². The van der Waals surface area contributed by atoms with Crippen molar-refractivity contribution >= 4 is 5.65 Å². The SMILES string of the molecule is CCc1cn2cc(C)nc2cc1F. The molecule has 0 atom stereocenters. The molecule has 13 heavy (non-hydrogen) atoms. The highest BCUT2D eigenvalue weighted by atomic mass is 19.1. The van der Waals surface area contributed by atoms with E-state index in [2.05, 4.69) is 4.98 Å². The van der Waals surface area contributed by atoms with Crippen molar-refractivity contribution in [1.29, 1.82) is 0 Å². The highest BCUT2D eigenvalue weighted by molar-refractivity contribution is 5.42. The van der Waals surface area contributed by atoms with E-state index in [1.165, 1.54) is 6.07 Å². The number of rotatable bonds is 1. The lowest BCUT2D eigenvalue weighted by atomic mass is 10.2. The Morgan fingerprint density at radius 3 is 2.92 bits per heavy atom. The van der Waals surface area contributed by atoms with Crippen molar-refractivity contribution < 1.29 is 4.39 Å². The Bertz CT molecular complexity index is 445. The number of imidazole rings is 1. The summed E-state index contributed by atoms with van der Waals surface area (Å²) < 4.78 is 15.1. The summed E-state index contributed by atoms with van der Waals surface area (Å²) in [6, 6.07) is 1.48. The van der Waals surface area contributed by atoms with Crippen LogP contribution in [-0.4, -0.2) is 9.38 Å². The molecule has 68 valence electrons. The second kappa shape index (κ2) is 2.83. The van der Waals surface area contributed by atoms with Crippen LogP contribution in [0, 0.1) is 12.7 Å². The van der Waals surface area contributed by atoms with Crippen LogP contribution in [0.4, 0.5) is 4.39 Å². The summed E-state index contributed by atoms with van der Waals surface area (Å²) in [5.74, 6) is -0.166. The standard InChI is InChI=1S/C10H11FN2/c1-3-8-6-13-5-7(2)12-10(13)4-9(8)11/h4-6H,3H2,1-2H3. The molecule has 2 rings (SSSR count). The van der Waals surface area contributed by atoms with Crippen LogP contribution < -0.4 is 0 Å². The van der Waals surface area contributed by atoms with E-state index < -0.39 is 0 Å². The molecule has 0 aliphatic heterocycles. The molecule has 0 saturated heterocycles. The molecule has 3 heteroatoms. The fourth-order valence-corrected chi connectivity index (χ4v) is 1.44. The predicted molar refractivity (Wildman–Crippen MR) is 49.3 cm³/mol. The Balaban J connectivity index is 2.72. The molecule has 0 fully saturated rings. The summed E-state index contributed by atoms with van der Waals surface area (Å²) in [6.45, 7) is 3.84. The van der Waals surface area contributed by atoms with Crippen LogP contribution in [0.5, 0.6) is 0 Å². The third kappa shape index (κ3) is 1.30. The van der Waals surface area contributed by atoms with Crippen LogP contribution in [0.25, 0.3) is 5.65 Å². The molecule has 2 heterocycles. The maximum atomic E-state index is 13.3. The van der Waals surface area contributed by atoms with E-state index in [1.807, 2.05) is 24.4 Å². The van der Waals surface area contributed by atoms with E-state index in [9.17, 15) is 4.39 Å². The number of aromatic nitrogens is 2. The van der Waals surface area contributed by atoms with Crippen LogP contribution in [0.3, 0.4) is 0 Å². The predicted octanol–water partition coefficient (Wildman–Crippen LogP) is 2.34. The second-order valence-electron chi connectivity index (χ2n) is 3.15. The fraction of sp³-hybridized carbons (Fsp3) is 0.300. The van der Waals surface area contributed by atoms with Crippen molar-refractivity contribution in [2.24, 2.45) is 0 Å². The zero-order chi connectivity index (χ0) is 9.42. The minimum Gasteiger partial charge on any atom is -0.306 e. The van der Waals surface area contributed by atoms with Crippen molar-refractivity contribution in [3.8, 4) is 0 Å². The van der Waals surface area contributed by atoms with Gasteiger partial charge in [0.2, 0.25) is 0 Å². The molecule has 2 nitrogen and oxygen atoms in total. The first kappa shape index (κ1) is 8.23. The molecule has 0 spiro atoms. The van der Waals surface area contributed by atoms with Crippen molar-refractivity contribution in [2.75, 3.05) is 0 Å². The Morgan fingerprint density at radius 2 is 2.23 bits per heavy atom. The quantitative estimate of drug-likeness (QED) is 0.655. The Labute approximate surface area is 76.0 Å². The normalized spacial score (nSPS) is 11.0. The van der Waals surface area contributed by atoms with Gasteiger partial charge in [-0.05, 0) is 13.3 Å². The van der Waals surface area contributed by atoms with Gasteiger partial charge in [0.25, 0.3) is 0 Å². The van der Waals surface area contributed by atoms with Gasteiger partial charge in [0.15, 0.2) is 0 Å². The fourth-order valence-electron chi connectivity index (χ4n) is 1.44. The monoisotopic (exact) mass is 178 g/mol. The van der Waals surface area contributed by atoms with Gasteiger partial charge in [-0.25, -0.2) is 9.37 Å². The van der Waals surface area contributed by atoms with Gasteiger partial charge in [0.05, 0.1) is 5.69 Å². The lowest BCUT2D eigenvalue weighted by molar-refractivity contribution is 0.610. The zero-order valence-corrected chi connectivity index (χ0v) is 7.71. The van der Waals surface area contributed by atoms with Crippen LogP contribution in [0.15, 0.2) is 18.5 Å². The van der Waals surface area contributed by atoms with Gasteiger partial charge < -0.3 is 4.40 Å².